The van der Waals surface area contributed by atoms with E-state index in [2.05, 4.69) is 0 Å². The molecule has 1 aliphatic rings. The molecule has 9 nitrogen and oxygen atoms in total. The first-order valence-corrected chi connectivity index (χ1v) is 10.3. The van der Waals surface area contributed by atoms with E-state index in [-0.39, 0.29) is 30.0 Å². The Morgan fingerprint density at radius 2 is 1.94 bits per heavy atom. The average molecular weight is 440 g/mol. The molecule has 0 saturated carbocycles. The molecule has 2 aromatic carbocycles. The Labute approximate surface area is 184 Å². The van der Waals surface area contributed by atoms with Crippen LogP contribution in [0.2, 0.25) is 0 Å². The molecule has 1 amide bonds. The zero-order valence-electron chi connectivity index (χ0n) is 17.6. The lowest BCUT2D eigenvalue weighted by molar-refractivity contribution is -0.384. The Bertz CT molecular complexity index is 1060. The van der Waals surface area contributed by atoms with Crippen molar-refractivity contribution in [1.29, 1.82) is 0 Å². The van der Waals surface area contributed by atoms with Crippen molar-refractivity contribution in [2.75, 3.05) is 19.8 Å². The number of aliphatic hydroxyl groups is 2. The van der Waals surface area contributed by atoms with Gasteiger partial charge >= 0.3 is 0 Å². The fourth-order valence-corrected chi connectivity index (χ4v) is 3.65. The molecule has 1 fully saturated rings. The molecular weight excluding hydrogens is 416 g/mol. The fraction of sp³-hybridized carbons (Fsp3) is 0.304. The largest absolute Gasteiger partial charge is 0.507 e. The second-order valence-electron chi connectivity index (χ2n) is 7.30. The monoisotopic (exact) mass is 440 g/mol. The molecule has 168 valence electrons. The topological polar surface area (TPSA) is 130 Å². The van der Waals surface area contributed by atoms with Gasteiger partial charge in [0.05, 0.1) is 23.1 Å². The minimum Gasteiger partial charge on any atom is -0.507 e. The lowest BCUT2D eigenvalue weighted by Gasteiger charge is -2.25. The van der Waals surface area contributed by atoms with Crippen molar-refractivity contribution in [3.8, 4) is 5.75 Å². The normalized spacial score (nSPS) is 17.6. The Morgan fingerprint density at radius 1 is 1.19 bits per heavy atom. The fourth-order valence-electron chi connectivity index (χ4n) is 3.65. The van der Waals surface area contributed by atoms with E-state index >= 15 is 0 Å². The molecule has 0 radical (unpaired) electrons. The van der Waals surface area contributed by atoms with Crippen LogP contribution in [0.3, 0.4) is 0 Å². The van der Waals surface area contributed by atoms with Crippen LogP contribution in [0, 0.1) is 10.1 Å². The second-order valence-corrected chi connectivity index (χ2v) is 7.30. The number of nitro benzene ring substituents is 1. The number of amides is 1. The van der Waals surface area contributed by atoms with E-state index in [4.69, 9.17) is 9.84 Å². The van der Waals surface area contributed by atoms with Crippen molar-refractivity contribution < 1.29 is 29.5 Å². The molecule has 1 saturated heterocycles. The van der Waals surface area contributed by atoms with Crippen LogP contribution >= 0.6 is 0 Å². The quantitative estimate of drug-likeness (QED) is 0.153. The van der Waals surface area contributed by atoms with Gasteiger partial charge in [0, 0.05) is 37.3 Å². The van der Waals surface area contributed by atoms with Crippen LogP contribution in [0.25, 0.3) is 5.76 Å². The van der Waals surface area contributed by atoms with Gasteiger partial charge in [0.15, 0.2) is 0 Å². The maximum atomic E-state index is 12.9. The number of carbonyl (C=O) groups is 2. The van der Waals surface area contributed by atoms with E-state index in [1.54, 1.807) is 24.3 Å². The molecule has 2 N–H and O–H groups in total. The number of likely N-dealkylation sites (tertiary alicyclic amines) is 1. The zero-order chi connectivity index (χ0) is 23.3. The third-order valence-corrected chi connectivity index (χ3v) is 5.08. The lowest BCUT2D eigenvalue weighted by atomic mass is 9.95. The predicted octanol–water partition coefficient (Wildman–Crippen LogP) is 3.19. The molecule has 0 bridgehead atoms. The van der Waals surface area contributed by atoms with Gasteiger partial charge in [0.25, 0.3) is 17.4 Å². The smallest absolute Gasteiger partial charge is 0.295 e. The highest BCUT2D eigenvalue weighted by Gasteiger charge is 2.45. The number of nitro groups is 1. The summed E-state index contributed by atoms with van der Waals surface area (Å²) in [6, 6.07) is 11.2. The summed E-state index contributed by atoms with van der Waals surface area (Å²) in [5.41, 5.74) is 0.268. The van der Waals surface area contributed by atoms with Gasteiger partial charge in [0.1, 0.15) is 11.5 Å². The number of hydrogen-bond acceptors (Lipinski definition) is 7. The van der Waals surface area contributed by atoms with Gasteiger partial charge in [-0.2, -0.15) is 0 Å². The van der Waals surface area contributed by atoms with Crippen LogP contribution in [0.5, 0.6) is 5.75 Å². The first-order chi connectivity index (χ1) is 15.4. The Hall–Kier alpha value is -3.72. The molecule has 32 heavy (non-hydrogen) atoms. The maximum Gasteiger partial charge on any atom is 0.295 e. The summed E-state index contributed by atoms with van der Waals surface area (Å²) in [4.78, 5) is 37.6. The molecule has 3 rings (SSSR count). The number of aliphatic hydroxyl groups excluding tert-OH is 2. The number of carbonyl (C=O) groups excluding carboxylic acids is 2. The molecule has 0 aromatic heterocycles. The van der Waals surface area contributed by atoms with Gasteiger partial charge in [-0.15, -0.1) is 0 Å². The van der Waals surface area contributed by atoms with Crippen LogP contribution in [0.1, 0.15) is 36.9 Å². The highest BCUT2D eigenvalue weighted by molar-refractivity contribution is 6.46. The van der Waals surface area contributed by atoms with Crippen molar-refractivity contribution in [3.05, 3.63) is 75.3 Å². The number of benzene rings is 2. The van der Waals surface area contributed by atoms with Gasteiger partial charge in [-0.1, -0.05) is 31.2 Å². The summed E-state index contributed by atoms with van der Waals surface area (Å²) < 4.78 is 5.62. The summed E-state index contributed by atoms with van der Waals surface area (Å²) >= 11 is 0. The SMILES string of the molecule is CCCN1C(=O)C(=O)/C(=C(\O)c2cccc([N+](=O)[O-])c2)C1c1cccc(OCCCO)c1. The standard InChI is InChI=1S/C23H24N2O7/c1-2-10-24-20(15-6-4-9-18(14-15)32-12-5-11-26)19(22(28)23(24)29)21(27)16-7-3-8-17(13-16)25(30)31/h3-4,6-9,13-14,20,26-27H,2,5,10-12H2,1H3/b21-19-. The van der Waals surface area contributed by atoms with Crippen molar-refractivity contribution in [3.63, 3.8) is 0 Å². The number of ether oxygens (including phenoxy) is 1. The first kappa shape index (κ1) is 23.0. The molecule has 0 aliphatic carbocycles. The summed E-state index contributed by atoms with van der Waals surface area (Å²) in [6.45, 7) is 2.43. The van der Waals surface area contributed by atoms with Crippen molar-refractivity contribution >= 4 is 23.1 Å². The Balaban J connectivity index is 2.11. The lowest BCUT2D eigenvalue weighted by Crippen LogP contribution is -2.30. The summed E-state index contributed by atoms with van der Waals surface area (Å²) in [5.74, 6) is -1.56. The molecule has 1 unspecified atom stereocenters. The number of Topliss-reactive ketones (excluding diaryl/α,β-unsaturated/α-hetero) is 1. The van der Waals surface area contributed by atoms with E-state index < -0.39 is 28.4 Å². The van der Waals surface area contributed by atoms with E-state index in [9.17, 15) is 24.8 Å². The van der Waals surface area contributed by atoms with Gasteiger partial charge < -0.3 is 19.8 Å². The van der Waals surface area contributed by atoms with Gasteiger partial charge in [0.2, 0.25) is 0 Å². The zero-order valence-corrected chi connectivity index (χ0v) is 17.6. The molecule has 1 atom stereocenters. The Morgan fingerprint density at radius 3 is 2.62 bits per heavy atom. The molecule has 1 heterocycles. The minimum absolute atomic E-state index is 0.0143. The maximum absolute atomic E-state index is 12.9. The molecule has 9 heteroatoms. The molecule has 1 aliphatic heterocycles. The molecular formula is C23H24N2O7. The number of hydrogen-bond donors (Lipinski definition) is 2. The summed E-state index contributed by atoms with van der Waals surface area (Å²) in [5, 5.41) is 31.0. The van der Waals surface area contributed by atoms with E-state index in [0.717, 1.165) is 6.07 Å². The summed E-state index contributed by atoms with van der Waals surface area (Å²) in [6.07, 6.45) is 1.04. The van der Waals surface area contributed by atoms with Crippen molar-refractivity contribution in [2.45, 2.75) is 25.8 Å². The van der Waals surface area contributed by atoms with E-state index in [0.29, 0.717) is 30.8 Å². The summed E-state index contributed by atoms with van der Waals surface area (Å²) in [7, 11) is 0. The van der Waals surface area contributed by atoms with Crippen LogP contribution in [0.4, 0.5) is 5.69 Å². The third kappa shape index (κ3) is 4.62. The van der Waals surface area contributed by atoms with Crippen molar-refractivity contribution in [1.82, 2.24) is 4.90 Å². The third-order valence-electron chi connectivity index (χ3n) is 5.08. The van der Waals surface area contributed by atoms with Gasteiger partial charge in [-0.05, 0) is 24.1 Å². The van der Waals surface area contributed by atoms with Crippen LogP contribution in [-0.4, -0.2) is 51.5 Å². The Kier molecular flexibility index (Phi) is 7.21. The van der Waals surface area contributed by atoms with Crippen LogP contribution in [0.15, 0.2) is 54.1 Å². The number of non-ortho nitro benzene ring substituents is 1. The highest BCUT2D eigenvalue weighted by Crippen LogP contribution is 2.40. The van der Waals surface area contributed by atoms with Gasteiger partial charge in [-0.25, -0.2) is 0 Å². The number of nitrogens with zero attached hydrogens (tertiary/aromatic N) is 2. The first-order valence-electron chi connectivity index (χ1n) is 10.3. The highest BCUT2D eigenvalue weighted by atomic mass is 16.6. The van der Waals surface area contributed by atoms with E-state index in [1.165, 1.54) is 23.1 Å². The average Bonchev–Trinajstić information content (AvgIpc) is 3.04. The van der Waals surface area contributed by atoms with E-state index in [1.807, 2.05) is 6.92 Å². The molecule has 0 spiro atoms. The van der Waals surface area contributed by atoms with Crippen molar-refractivity contribution in [2.24, 2.45) is 0 Å². The number of rotatable bonds is 9. The second kappa shape index (κ2) is 10.1. The molecule has 2 aromatic rings. The minimum atomic E-state index is -0.865. The van der Waals surface area contributed by atoms with Gasteiger partial charge in [-0.3, -0.25) is 19.7 Å². The predicted molar refractivity (Wildman–Crippen MR) is 116 cm³/mol. The van der Waals surface area contributed by atoms with Crippen LogP contribution < -0.4 is 4.74 Å². The number of ketones is 1. The van der Waals surface area contributed by atoms with Crippen LogP contribution in [-0.2, 0) is 9.59 Å².